The van der Waals surface area contributed by atoms with Crippen molar-refractivity contribution in [3.05, 3.63) is 82.6 Å². The van der Waals surface area contributed by atoms with E-state index < -0.39 is 23.0 Å². The van der Waals surface area contributed by atoms with Gasteiger partial charge >= 0.3 is 0 Å². The third kappa shape index (κ3) is 5.63. The van der Waals surface area contributed by atoms with Crippen molar-refractivity contribution in [3.63, 3.8) is 0 Å². The van der Waals surface area contributed by atoms with E-state index in [4.69, 9.17) is 11.6 Å². The van der Waals surface area contributed by atoms with Gasteiger partial charge in [0.15, 0.2) is 0 Å². The molecule has 0 heterocycles. The molecule has 0 spiro atoms. The number of imide groups is 1. The van der Waals surface area contributed by atoms with E-state index in [1.54, 1.807) is 30.3 Å². The minimum atomic E-state index is -0.591. The lowest BCUT2D eigenvalue weighted by Crippen LogP contribution is -2.35. The Hall–Kier alpha value is -2.72. The van der Waals surface area contributed by atoms with Gasteiger partial charge < -0.3 is 0 Å². The number of carbonyl (C=O) groups is 2. The monoisotopic (exact) mass is 385 g/mol. The van der Waals surface area contributed by atoms with E-state index in [1.807, 2.05) is 20.8 Å². The summed E-state index contributed by atoms with van der Waals surface area (Å²) in [6.45, 7) is 9.28. The van der Waals surface area contributed by atoms with Crippen molar-refractivity contribution in [3.8, 4) is 0 Å². The van der Waals surface area contributed by atoms with Gasteiger partial charge in [-0.2, -0.15) is 0 Å². The van der Waals surface area contributed by atoms with Gasteiger partial charge in [0.2, 0.25) is 0 Å². The molecule has 27 heavy (non-hydrogen) atoms. The Kier molecular flexibility index (Phi) is 6.34. The molecule has 0 aliphatic carbocycles. The summed E-state index contributed by atoms with van der Waals surface area (Å²) >= 11 is 5.90. The predicted molar refractivity (Wildman–Crippen MR) is 107 cm³/mol. The van der Waals surface area contributed by atoms with Gasteiger partial charge in [-0.05, 0) is 46.9 Å². The lowest BCUT2D eigenvalue weighted by atomic mass is 9.87. The lowest BCUT2D eigenvalue weighted by Gasteiger charge is -2.20. The molecule has 1 N–H and O–H groups in total. The summed E-state index contributed by atoms with van der Waals surface area (Å²) in [5.74, 6) is -1.55. The van der Waals surface area contributed by atoms with Crippen molar-refractivity contribution in [2.45, 2.75) is 20.8 Å². The van der Waals surface area contributed by atoms with Crippen LogP contribution in [0.3, 0.4) is 0 Å². The number of carbonyl (C=O) groups excluding carboxylic acids is 2. The van der Waals surface area contributed by atoms with Crippen LogP contribution in [-0.2, 0) is 9.59 Å². The molecule has 2 rings (SSSR count). The van der Waals surface area contributed by atoms with Crippen LogP contribution < -0.4 is 5.32 Å². The van der Waals surface area contributed by atoms with E-state index in [1.165, 1.54) is 24.3 Å². The van der Waals surface area contributed by atoms with Crippen LogP contribution in [0.2, 0.25) is 5.02 Å². The molecular formula is C22H21ClFNO2. The van der Waals surface area contributed by atoms with Gasteiger partial charge in [-0.25, -0.2) is 4.39 Å². The number of hydrogen-bond donors (Lipinski definition) is 1. The third-order valence-electron chi connectivity index (χ3n) is 3.99. The second-order valence-corrected chi connectivity index (χ2v) is 7.56. The summed E-state index contributed by atoms with van der Waals surface area (Å²) in [6, 6.07) is 12.4. The van der Waals surface area contributed by atoms with E-state index in [9.17, 15) is 14.0 Å². The van der Waals surface area contributed by atoms with Crippen molar-refractivity contribution in [1.82, 2.24) is 5.32 Å². The van der Waals surface area contributed by atoms with Crippen LogP contribution in [0.1, 0.15) is 31.9 Å². The molecular weight excluding hydrogens is 365 g/mol. The van der Waals surface area contributed by atoms with Gasteiger partial charge in [0, 0.05) is 16.2 Å². The average molecular weight is 386 g/mol. The Balaban J connectivity index is 2.38. The van der Waals surface area contributed by atoms with Crippen molar-refractivity contribution in [2.75, 3.05) is 0 Å². The first kappa shape index (κ1) is 20.6. The first-order valence-electron chi connectivity index (χ1n) is 8.36. The van der Waals surface area contributed by atoms with Crippen LogP contribution in [0.25, 0.3) is 11.6 Å². The first-order valence-corrected chi connectivity index (χ1v) is 8.74. The molecule has 2 aromatic carbocycles. The van der Waals surface area contributed by atoms with Gasteiger partial charge in [0.1, 0.15) is 5.82 Å². The normalized spacial score (nSPS) is 11.8. The minimum absolute atomic E-state index is 0.229. The van der Waals surface area contributed by atoms with Gasteiger partial charge in [0.25, 0.3) is 11.8 Å². The maximum Gasteiger partial charge on any atom is 0.258 e. The number of benzene rings is 2. The number of amides is 2. The molecule has 3 nitrogen and oxygen atoms in total. The molecule has 0 atom stereocenters. The highest BCUT2D eigenvalue weighted by Crippen LogP contribution is 2.24. The molecule has 0 aliphatic heterocycles. The Bertz CT molecular complexity index is 891. The fourth-order valence-electron chi connectivity index (χ4n) is 2.22. The zero-order valence-corrected chi connectivity index (χ0v) is 16.2. The Labute approximate surface area is 163 Å². The zero-order valence-electron chi connectivity index (χ0n) is 15.5. The fourth-order valence-corrected chi connectivity index (χ4v) is 2.35. The van der Waals surface area contributed by atoms with E-state index in [0.29, 0.717) is 16.2 Å². The quantitative estimate of drug-likeness (QED) is 0.576. The summed E-state index contributed by atoms with van der Waals surface area (Å²) < 4.78 is 13.3. The summed E-state index contributed by atoms with van der Waals surface area (Å²) in [5.41, 5.74) is 1.25. The van der Waals surface area contributed by atoms with E-state index in [0.717, 1.165) is 5.56 Å². The summed E-state index contributed by atoms with van der Waals surface area (Å²) in [4.78, 5) is 25.1. The zero-order chi connectivity index (χ0) is 20.2. The highest BCUT2D eigenvalue weighted by Gasteiger charge is 2.24. The number of nitrogens with one attached hydrogen (secondary N) is 1. The molecule has 2 amide bonds. The molecule has 5 heteroatoms. The van der Waals surface area contributed by atoms with Crippen LogP contribution in [0, 0.1) is 11.2 Å². The van der Waals surface area contributed by atoms with Crippen LogP contribution in [-0.4, -0.2) is 11.8 Å². The fraction of sp³-hybridized carbons (Fsp3) is 0.182. The molecule has 0 aliphatic rings. The van der Waals surface area contributed by atoms with E-state index in [2.05, 4.69) is 11.9 Å². The SMILES string of the molecule is C=C(C(=O)NC(=O)/C(=C/c1ccc(Cl)cc1)c1ccc(F)cc1)C(C)(C)C. The molecule has 0 bridgehead atoms. The Morgan fingerprint density at radius 3 is 2.07 bits per heavy atom. The van der Waals surface area contributed by atoms with E-state index in [-0.39, 0.29) is 5.57 Å². The number of halogens is 2. The van der Waals surface area contributed by atoms with E-state index >= 15 is 0 Å². The standard InChI is InChI=1S/C22H21ClFNO2/c1-14(22(2,3)4)20(26)25-21(27)19(16-7-11-18(24)12-8-16)13-15-5-9-17(23)10-6-15/h5-13H,1H2,2-4H3,(H,25,26,27)/b19-13+. The summed E-state index contributed by atoms with van der Waals surface area (Å²) in [5, 5.41) is 2.93. The molecule has 0 saturated heterocycles. The maximum atomic E-state index is 13.3. The van der Waals surface area contributed by atoms with Crippen LogP contribution >= 0.6 is 11.6 Å². The average Bonchev–Trinajstić information content (AvgIpc) is 2.60. The Morgan fingerprint density at radius 1 is 1.00 bits per heavy atom. The first-order chi connectivity index (χ1) is 12.6. The van der Waals surface area contributed by atoms with Crippen molar-refractivity contribution in [2.24, 2.45) is 5.41 Å². The maximum absolute atomic E-state index is 13.3. The lowest BCUT2D eigenvalue weighted by molar-refractivity contribution is -0.125. The Morgan fingerprint density at radius 2 is 1.56 bits per heavy atom. The summed E-state index contributed by atoms with van der Waals surface area (Å²) in [7, 11) is 0. The topological polar surface area (TPSA) is 46.2 Å². The number of rotatable bonds is 4. The van der Waals surface area contributed by atoms with Crippen LogP contribution in [0.4, 0.5) is 4.39 Å². The molecule has 0 unspecified atom stereocenters. The van der Waals surface area contributed by atoms with Gasteiger partial charge in [-0.15, -0.1) is 0 Å². The second-order valence-electron chi connectivity index (χ2n) is 7.13. The van der Waals surface area contributed by atoms with Crippen LogP contribution in [0.5, 0.6) is 0 Å². The van der Waals surface area contributed by atoms with Crippen molar-refractivity contribution < 1.29 is 14.0 Å². The molecule has 0 fully saturated rings. The largest absolute Gasteiger partial charge is 0.288 e. The highest BCUT2D eigenvalue weighted by molar-refractivity contribution is 6.31. The van der Waals surface area contributed by atoms with Crippen molar-refractivity contribution in [1.29, 1.82) is 0 Å². The van der Waals surface area contributed by atoms with Gasteiger partial charge in [0.05, 0.1) is 0 Å². The van der Waals surface area contributed by atoms with Crippen molar-refractivity contribution >= 4 is 35.1 Å². The molecule has 0 saturated carbocycles. The summed E-state index contributed by atoms with van der Waals surface area (Å²) in [6.07, 6.45) is 1.62. The number of hydrogen-bond acceptors (Lipinski definition) is 2. The third-order valence-corrected chi connectivity index (χ3v) is 4.24. The smallest absolute Gasteiger partial charge is 0.258 e. The predicted octanol–water partition coefficient (Wildman–Crippen LogP) is 5.26. The van der Waals surface area contributed by atoms with Gasteiger partial charge in [-0.3, -0.25) is 14.9 Å². The minimum Gasteiger partial charge on any atom is -0.288 e. The van der Waals surface area contributed by atoms with Crippen LogP contribution in [0.15, 0.2) is 60.7 Å². The van der Waals surface area contributed by atoms with Gasteiger partial charge in [-0.1, -0.05) is 63.2 Å². The molecule has 140 valence electrons. The molecule has 0 radical (unpaired) electrons. The molecule has 0 aromatic heterocycles. The highest BCUT2D eigenvalue weighted by atomic mass is 35.5. The second kappa shape index (κ2) is 8.31. The molecule has 2 aromatic rings.